The van der Waals surface area contributed by atoms with Gasteiger partial charge in [-0.1, -0.05) is 0 Å². The van der Waals surface area contributed by atoms with Gasteiger partial charge < -0.3 is 4.90 Å². The van der Waals surface area contributed by atoms with Crippen LogP contribution in [-0.2, 0) is 4.79 Å². The molecule has 56 valence electrons. The summed E-state index contributed by atoms with van der Waals surface area (Å²) in [5.41, 5.74) is 0. The summed E-state index contributed by atoms with van der Waals surface area (Å²) in [5.74, 6) is 1.08. The van der Waals surface area contributed by atoms with Crippen LogP contribution in [0.15, 0.2) is 0 Å². The maximum absolute atomic E-state index is 11.1. The van der Waals surface area contributed by atoms with Crippen molar-refractivity contribution in [1.82, 2.24) is 4.90 Å². The lowest BCUT2D eigenvalue weighted by molar-refractivity contribution is -0.128. The van der Waals surface area contributed by atoms with Crippen molar-refractivity contribution in [2.24, 2.45) is 0 Å². The Bertz CT molecular complexity index is 160. The van der Waals surface area contributed by atoms with Crippen LogP contribution in [0.5, 0.6) is 0 Å². The van der Waals surface area contributed by atoms with Crippen molar-refractivity contribution in [3.63, 3.8) is 0 Å². The number of carbonyl (C=O) groups excluding carboxylic acids is 1. The Balaban J connectivity index is 2.08. The molecule has 3 heteroatoms. The minimum absolute atomic E-state index is 0.356. The fraction of sp³-hybridized carbons (Fsp3) is 0.857. The molecule has 2 fully saturated rings. The average Bonchev–Trinajstić information content (AvgIpc) is 2.34. The van der Waals surface area contributed by atoms with Gasteiger partial charge in [-0.2, -0.15) is 0 Å². The Kier molecular flexibility index (Phi) is 1.60. The van der Waals surface area contributed by atoms with E-state index in [0.29, 0.717) is 11.3 Å². The van der Waals surface area contributed by atoms with Crippen molar-refractivity contribution < 1.29 is 4.79 Å². The van der Waals surface area contributed by atoms with Crippen LogP contribution in [0.1, 0.15) is 19.3 Å². The van der Waals surface area contributed by atoms with Gasteiger partial charge in [0.25, 0.3) is 0 Å². The van der Waals surface area contributed by atoms with Crippen LogP contribution in [0.3, 0.4) is 0 Å². The smallest absolute Gasteiger partial charge is 0.233 e. The first-order valence-corrected chi connectivity index (χ1v) is 4.84. The molecule has 2 heterocycles. The van der Waals surface area contributed by atoms with Crippen LogP contribution in [0.25, 0.3) is 0 Å². The largest absolute Gasteiger partial charge is 0.330 e. The third-order valence-corrected chi connectivity index (χ3v) is 3.46. The van der Waals surface area contributed by atoms with E-state index in [0.717, 1.165) is 12.3 Å². The summed E-state index contributed by atoms with van der Waals surface area (Å²) in [6.07, 6.45) is 3.74. The number of piperidine rings is 1. The topological polar surface area (TPSA) is 20.3 Å². The quantitative estimate of drug-likeness (QED) is 0.524. The molecule has 0 N–H and O–H groups in total. The maximum Gasteiger partial charge on any atom is 0.233 e. The lowest BCUT2D eigenvalue weighted by Crippen LogP contribution is -2.36. The predicted octanol–water partition coefficient (Wildman–Crippen LogP) is 1.07. The van der Waals surface area contributed by atoms with E-state index in [1.165, 1.54) is 19.3 Å². The molecule has 0 saturated carbocycles. The van der Waals surface area contributed by atoms with Gasteiger partial charge in [0, 0.05) is 6.54 Å². The molecule has 2 nitrogen and oxygen atoms in total. The fourth-order valence-electron chi connectivity index (χ4n) is 1.61. The van der Waals surface area contributed by atoms with Gasteiger partial charge in [0.05, 0.1) is 11.1 Å². The summed E-state index contributed by atoms with van der Waals surface area (Å²) < 4.78 is 0. The summed E-state index contributed by atoms with van der Waals surface area (Å²) in [6, 6.07) is 0. The molecule has 10 heavy (non-hydrogen) atoms. The zero-order valence-corrected chi connectivity index (χ0v) is 6.69. The van der Waals surface area contributed by atoms with E-state index in [-0.39, 0.29) is 0 Å². The Morgan fingerprint density at radius 2 is 2.40 bits per heavy atom. The number of fused-ring (bicyclic) bond motifs is 1. The van der Waals surface area contributed by atoms with Gasteiger partial charge in [-0.15, -0.1) is 11.8 Å². The monoisotopic (exact) mass is 157 g/mol. The molecule has 0 bridgehead atoms. The number of rotatable bonds is 0. The molecule has 0 aromatic rings. The van der Waals surface area contributed by atoms with Crippen molar-refractivity contribution in [3.8, 4) is 0 Å². The molecule has 0 aromatic carbocycles. The van der Waals surface area contributed by atoms with Crippen LogP contribution in [0.2, 0.25) is 0 Å². The lowest BCUT2D eigenvalue weighted by atomic mass is 10.1. The van der Waals surface area contributed by atoms with Gasteiger partial charge in [-0.3, -0.25) is 4.79 Å². The van der Waals surface area contributed by atoms with Crippen LogP contribution < -0.4 is 0 Å². The Morgan fingerprint density at radius 1 is 1.50 bits per heavy atom. The average molecular weight is 157 g/mol. The highest BCUT2D eigenvalue weighted by atomic mass is 32.2. The molecule has 0 aliphatic carbocycles. The number of thioether (sulfide) groups is 1. The van der Waals surface area contributed by atoms with E-state index in [9.17, 15) is 4.79 Å². The standard InChI is InChI=1S/C7H11NOS/c9-6-5-10-7-3-1-2-4-8(6)7/h7H,1-5H2. The van der Waals surface area contributed by atoms with Gasteiger partial charge in [-0.05, 0) is 19.3 Å². The van der Waals surface area contributed by atoms with Gasteiger partial charge in [0.2, 0.25) is 5.91 Å². The van der Waals surface area contributed by atoms with Crippen molar-refractivity contribution in [2.45, 2.75) is 24.6 Å². The number of hydrogen-bond acceptors (Lipinski definition) is 2. The zero-order chi connectivity index (χ0) is 6.97. The number of amides is 1. The molecule has 2 aliphatic heterocycles. The molecular weight excluding hydrogens is 146 g/mol. The highest BCUT2D eigenvalue weighted by Crippen LogP contribution is 2.31. The van der Waals surface area contributed by atoms with Gasteiger partial charge >= 0.3 is 0 Å². The molecule has 2 rings (SSSR count). The molecular formula is C7H11NOS. The van der Waals surface area contributed by atoms with Crippen LogP contribution in [0.4, 0.5) is 0 Å². The van der Waals surface area contributed by atoms with Crippen LogP contribution in [-0.4, -0.2) is 28.5 Å². The number of nitrogens with zero attached hydrogens (tertiary/aromatic N) is 1. The van der Waals surface area contributed by atoms with Gasteiger partial charge in [0.15, 0.2) is 0 Å². The Hall–Kier alpha value is -0.180. The SMILES string of the molecule is O=C1CSC2CCCCN12. The Morgan fingerprint density at radius 3 is 3.20 bits per heavy atom. The molecule has 2 saturated heterocycles. The first-order valence-electron chi connectivity index (χ1n) is 3.79. The number of carbonyl (C=O) groups is 1. The van der Waals surface area contributed by atoms with Crippen molar-refractivity contribution in [3.05, 3.63) is 0 Å². The summed E-state index contributed by atoms with van der Waals surface area (Å²) in [5, 5.41) is 0.543. The first-order chi connectivity index (χ1) is 4.88. The minimum atomic E-state index is 0.356. The van der Waals surface area contributed by atoms with E-state index < -0.39 is 0 Å². The summed E-state index contributed by atoms with van der Waals surface area (Å²) >= 11 is 1.81. The van der Waals surface area contributed by atoms with Crippen LogP contribution in [0, 0.1) is 0 Å². The third-order valence-electron chi connectivity index (χ3n) is 2.17. The molecule has 0 spiro atoms. The molecule has 0 radical (unpaired) electrons. The predicted molar refractivity (Wildman–Crippen MR) is 41.8 cm³/mol. The normalized spacial score (nSPS) is 32.6. The second-order valence-electron chi connectivity index (χ2n) is 2.85. The number of hydrogen-bond donors (Lipinski definition) is 0. The van der Waals surface area contributed by atoms with E-state index in [1.807, 2.05) is 16.7 Å². The summed E-state index contributed by atoms with van der Waals surface area (Å²) in [7, 11) is 0. The molecule has 1 atom stereocenters. The van der Waals surface area contributed by atoms with Gasteiger partial charge in [0.1, 0.15) is 0 Å². The van der Waals surface area contributed by atoms with E-state index in [2.05, 4.69) is 0 Å². The summed E-state index contributed by atoms with van der Waals surface area (Å²) in [4.78, 5) is 13.1. The summed E-state index contributed by atoms with van der Waals surface area (Å²) in [6.45, 7) is 1.01. The van der Waals surface area contributed by atoms with E-state index in [1.54, 1.807) is 0 Å². The zero-order valence-electron chi connectivity index (χ0n) is 5.88. The highest BCUT2D eigenvalue weighted by molar-refractivity contribution is 8.00. The molecule has 2 aliphatic rings. The maximum atomic E-state index is 11.1. The highest BCUT2D eigenvalue weighted by Gasteiger charge is 2.32. The lowest BCUT2D eigenvalue weighted by Gasteiger charge is -2.28. The molecule has 1 unspecified atom stereocenters. The van der Waals surface area contributed by atoms with E-state index in [4.69, 9.17) is 0 Å². The second kappa shape index (κ2) is 2.46. The van der Waals surface area contributed by atoms with Crippen molar-refractivity contribution >= 4 is 17.7 Å². The molecule has 1 amide bonds. The fourth-order valence-corrected chi connectivity index (χ4v) is 2.85. The van der Waals surface area contributed by atoms with Crippen molar-refractivity contribution in [2.75, 3.05) is 12.3 Å². The molecule has 0 aromatic heterocycles. The van der Waals surface area contributed by atoms with E-state index >= 15 is 0 Å². The second-order valence-corrected chi connectivity index (χ2v) is 4.01. The Labute approximate surface area is 65.0 Å². The first kappa shape index (κ1) is 6.53. The third kappa shape index (κ3) is 0.926. The van der Waals surface area contributed by atoms with Gasteiger partial charge in [-0.25, -0.2) is 0 Å². The van der Waals surface area contributed by atoms with Crippen LogP contribution >= 0.6 is 11.8 Å². The minimum Gasteiger partial charge on any atom is -0.330 e. The van der Waals surface area contributed by atoms with Crippen molar-refractivity contribution in [1.29, 1.82) is 0 Å².